The minimum absolute atomic E-state index is 0.453. The fourth-order valence-corrected chi connectivity index (χ4v) is 2.01. The quantitative estimate of drug-likeness (QED) is 0.937. The average Bonchev–Trinajstić information content (AvgIpc) is 2.71. The Kier molecular flexibility index (Phi) is 3.04. The molecule has 86 valence electrons. The number of halogens is 1. The van der Waals surface area contributed by atoms with Crippen molar-refractivity contribution < 1.29 is 4.42 Å². The van der Waals surface area contributed by atoms with E-state index in [1.165, 1.54) is 0 Å². The standard InChI is InChI=1S/C12H15BrN2O/c1-3-12(14,4-2)11-15-9-7-8(13)5-6-10(9)16-11/h5-7H,3-4,14H2,1-2H3. The Hall–Kier alpha value is -0.870. The van der Waals surface area contributed by atoms with Gasteiger partial charge in [0.25, 0.3) is 0 Å². The van der Waals surface area contributed by atoms with E-state index in [4.69, 9.17) is 10.2 Å². The molecule has 1 aromatic heterocycles. The van der Waals surface area contributed by atoms with E-state index in [0.29, 0.717) is 5.89 Å². The lowest BCUT2D eigenvalue weighted by Crippen LogP contribution is -2.35. The number of fused-ring (bicyclic) bond motifs is 1. The zero-order valence-electron chi connectivity index (χ0n) is 9.46. The van der Waals surface area contributed by atoms with Gasteiger partial charge in [-0.1, -0.05) is 29.8 Å². The Morgan fingerprint density at radius 2 is 2.06 bits per heavy atom. The van der Waals surface area contributed by atoms with Crippen molar-refractivity contribution in [2.24, 2.45) is 5.73 Å². The molecular formula is C12H15BrN2O. The lowest BCUT2D eigenvalue weighted by molar-refractivity contribution is 0.318. The first kappa shape index (κ1) is 11.6. The van der Waals surface area contributed by atoms with E-state index in [1.807, 2.05) is 32.0 Å². The first-order valence-corrected chi connectivity index (χ1v) is 6.24. The van der Waals surface area contributed by atoms with Crippen molar-refractivity contribution in [1.29, 1.82) is 0 Å². The van der Waals surface area contributed by atoms with Crippen molar-refractivity contribution in [3.8, 4) is 0 Å². The summed E-state index contributed by atoms with van der Waals surface area (Å²) >= 11 is 3.41. The van der Waals surface area contributed by atoms with Crippen molar-refractivity contribution in [3.05, 3.63) is 28.6 Å². The topological polar surface area (TPSA) is 52.0 Å². The SMILES string of the molecule is CCC(N)(CC)c1nc2cc(Br)ccc2o1. The fraction of sp³-hybridized carbons (Fsp3) is 0.417. The number of hydrogen-bond donors (Lipinski definition) is 1. The van der Waals surface area contributed by atoms with Crippen LogP contribution in [0.2, 0.25) is 0 Å². The van der Waals surface area contributed by atoms with Crippen LogP contribution in [-0.2, 0) is 5.54 Å². The molecule has 0 radical (unpaired) electrons. The number of nitrogens with zero attached hydrogens (tertiary/aromatic N) is 1. The zero-order valence-corrected chi connectivity index (χ0v) is 11.0. The third-order valence-electron chi connectivity index (χ3n) is 3.04. The van der Waals surface area contributed by atoms with Gasteiger partial charge in [0.1, 0.15) is 5.52 Å². The summed E-state index contributed by atoms with van der Waals surface area (Å²) in [7, 11) is 0. The molecule has 1 aromatic carbocycles. The summed E-state index contributed by atoms with van der Waals surface area (Å²) in [5, 5.41) is 0. The number of nitrogens with two attached hydrogens (primary N) is 1. The lowest BCUT2D eigenvalue weighted by atomic mass is 9.94. The van der Waals surface area contributed by atoms with Gasteiger partial charge in [-0.25, -0.2) is 4.98 Å². The maximum absolute atomic E-state index is 6.25. The Balaban J connectivity index is 2.54. The monoisotopic (exact) mass is 282 g/mol. The van der Waals surface area contributed by atoms with Crippen molar-refractivity contribution in [2.75, 3.05) is 0 Å². The summed E-state index contributed by atoms with van der Waals surface area (Å²) in [5.74, 6) is 0.630. The molecule has 0 saturated heterocycles. The van der Waals surface area contributed by atoms with E-state index in [2.05, 4.69) is 20.9 Å². The Labute approximate surface area is 103 Å². The molecule has 0 saturated carbocycles. The van der Waals surface area contributed by atoms with E-state index in [1.54, 1.807) is 0 Å². The first-order valence-electron chi connectivity index (χ1n) is 5.44. The largest absolute Gasteiger partial charge is 0.439 e. The van der Waals surface area contributed by atoms with Crippen molar-refractivity contribution in [2.45, 2.75) is 32.2 Å². The van der Waals surface area contributed by atoms with E-state index >= 15 is 0 Å². The van der Waals surface area contributed by atoms with E-state index in [9.17, 15) is 0 Å². The van der Waals surface area contributed by atoms with Crippen LogP contribution >= 0.6 is 15.9 Å². The molecule has 0 fully saturated rings. The Bertz CT molecular complexity index is 503. The van der Waals surface area contributed by atoms with E-state index in [0.717, 1.165) is 28.4 Å². The summed E-state index contributed by atoms with van der Waals surface area (Å²) in [6, 6.07) is 5.78. The summed E-state index contributed by atoms with van der Waals surface area (Å²) in [4.78, 5) is 4.47. The molecule has 4 heteroatoms. The number of aromatic nitrogens is 1. The highest BCUT2D eigenvalue weighted by molar-refractivity contribution is 9.10. The second-order valence-electron chi connectivity index (χ2n) is 3.99. The maximum atomic E-state index is 6.25. The van der Waals surface area contributed by atoms with Crippen LogP contribution in [0.25, 0.3) is 11.1 Å². The van der Waals surface area contributed by atoms with Gasteiger partial charge in [0, 0.05) is 4.47 Å². The first-order chi connectivity index (χ1) is 7.59. The number of hydrogen-bond acceptors (Lipinski definition) is 3. The van der Waals surface area contributed by atoms with Gasteiger partial charge in [0.05, 0.1) is 5.54 Å². The normalized spacial score (nSPS) is 12.2. The van der Waals surface area contributed by atoms with Crippen molar-refractivity contribution in [3.63, 3.8) is 0 Å². The van der Waals surface area contributed by atoms with Gasteiger partial charge in [0.15, 0.2) is 5.58 Å². The molecule has 16 heavy (non-hydrogen) atoms. The number of benzene rings is 1. The van der Waals surface area contributed by atoms with Gasteiger partial charge >= 0.3 is 0 Å². The molecule has 3 nitrogen and oxygen atoms in total. The van der Waals surface area contributed by atoms with Crippen LogP contribution in [0.3, 0.4) is 0 Å². The molecule has 2 aromatic rings. The van der Waals surface area contributed by atoms with Crippen LogP contribution < -0.4 is 5.73 Å². The summed E-state index contributed by atoms with van der Waals surface area (Å²) in [6.07, 6.45) is 1.63. The zero-order chi connectivity index (χ0) is 11.8. The lowest BCUT2D eigenvalue weighted by Gasteiger charge is -2.21. The molecular weight excluding hydrogens is 268 g/mol. The summed E-state index contributed by atoms with van der Waals surface area (Å²) in [5.41, 5.74) is 7.43. The van der Waals surface area contributed by atoms with Crippen LogP contribution in [0.1, 0.15) is 32.6 Å². The van der Waals surface area contributed by atoms with E-state index < -0.39 is 5.54 Å². The Morgan fingerprint density at radius 1 is 1.38 bits per heavy atom. The smallest absolute Gasteiger partial charge is 0.215 e. The molecule has 0 aliphatic heterocycles. The number of oxazole rings is 1. The van der Waals surface area contributed by atoms with Crippen molar-refractivity contribution >= 4 is 27.0 Å². The maximum Gasteiger partial charge on any atom is 0.215 e. The van der Waals surface area contributed by atoms with Crippen LogP contribution in [0.15, 0.2) is 27.1 Å². The average molecular weight is 283 g/mol. The van der Waals surface area contributed by atoms with Gasteiger partial charge in [-0.3, -0.25) is 0 Å². The van der Waals surface area contributed by atoms with Gasteiger partial charge in [0.2, 0.25) is 5.89 Å². The van der Waals surface area contributed by atoms with Gasteiger partial charge < -0.3 is 10.2 Å². The number of rotatable bonds is 3. The van der Waals surface area contributed by atoms with Crippen molar-refractivity contribution in [1.82, 2.24) is 4.98 Å². The van der Waals surface area contributed by atoms with Crippen LogP contribution in [-0.4, -0.2) is 4.98 Å². The van der Waals surface area contributed by atoms with E-state index in [-0.39, 0.29) is 0 Å². The van der Waals surface area contributed by atoms with Gasteiger partial charge in [-0.2, -0.15) is 0 Å². The molecule has 0 bridgehead atoms. The van der Waals surface area contributed by atoms with Crippen LogP contribution in [0, 0.1) is 0 Å². The Morgan fingerprint density at radius 3 is 2.69 bits per heavy atom. The molecule has 1 heterocycles. The van der Waals surface area contributed by atoms with Gasteiger partial charge in [-0.05, 0) is 31.0 Å². The minimum Gasteiger partial charge on any atom is -0.439 e. The predicted molar refractivity (Wildman–Crippen MR) is 68.2 cm³/mol. The third kappa shape index (κ3) is 1.87. The summed E-state index contributed by atoms with van der Waals surface area (Å²) in [6.45, 7) is 4.10. The molecule has 2 N–H and O–H groups in total. The molecule has 0 aliphatic rings. The molecule has 0 atom stereocenters. The van der Waals surface area contributed by atoms with Crippen LogP contribution in [0.5, 0.6) is 0 Å². The van der Waals surface area contributed by atoms with Crippen LogP contribution in [0.4, 0.5) is 0 Å². The predicted octanol–water partition coefficient (Wildman–Crippen LogP) is 3.56. The second kappa shape index (κ2) is 4.18. The second-order valence-corrected chi connectivity index (χ2v) is 4.91. The molecule has 0 amide bonds. The molecule has 0 aliphatic carbocycles. The summed E-state index contributed by atoms with van der Waals surface area (Å²) < 4.78 is 6.71. The molecule has 0 unspecified atom stereocenters. The molecule has 0 spiro atoms. The molecule has 2 rings (SSSR count). The highest BCUT2D eigenvalue weighted by atomic mass is 79.9. The fourth-order valence-electron chi connectivity index (χ4n) is 1.67. The highest BCUT2D eigenvalue weighted by Crippen LogP contribution is 2.29. The minimum atomic E-state index is -0.453. The highest BCUT2D eigenvalue weighted by Gasteiger charge is 2.28. The van der Waals surface area contributed by atoms with Gasteiger partial charge in [-0.15, -0.1) is 0 Å². The third-order valence-corrected chi connectivity index (χ3v) is 3.53.